The molecule has 1 aliphatic rings. The maximum Gasteiger partial charge on any atom is 0.309 e. The maximum atomic E-state index is 13.0. The van der Waals surface area contributed by atoms with Crippen LogP contribution in [0.5, 0.6) is 0 Å². The number of anilines is 1. The fourth-order valence-corrected chi connectivity index (χ4v) is 5.32. The van der Waals surface area contributed by atoms with Crippen LogP contribution in [-0.4, -0.2) is 53.5 Å². The van der Waals surface area contributed by atoms with Crippen molar-refractivity contribution in [2.75, 3.05) is 31.6 Å². The van der Waals surface area contributed by atoms with Crippen molar-refractivity contribution in [3.63, 3.8) is 0 Å². The van der Waals surface area contributed by atoms with Crippen molar-refractivity contribution >= 4 is 29.5 Å². The summed E-state index contributed by atoms with van der Waals surface area (Å²) in [6.07, 6.45) is 2.15. The van der Waals surface area contributed by atoms with Crippen molar-refractivity contribution in [3.05, 3.63) is 83.0 Å². The van der Waals surface area contributed by atoms with Crippen molar-refractivity contribution < 1.29 is 14.3 Å². The highest BCUT2D eigenvalue weighted by Crippen LogP contribution is 2.25. The number of esters is 1. The van der Waals surface area contributed by atoms with E-state index in [0.717, 1.165) is 35.2 Å². The molecule has 38 heavy (non-hydrogen) atoms. The van der Waals surface area contributed by atoms with Gasteiger partial charge in [0.1, 0.15) is 5.82 Å². The molecule has 0 N–H and O–H groups in total. The molecule has 1 fully saturated rings. The minimum Gasteiger partial charge on any atom is -0.466 e. The first-order chi connectivity index (χ1) is 18.5. The summed E-state index contributed by atoms with van der Waals surface area (Å²) in [5.41, 5.74) is 4.03. The summed E-state index contributed by atoms with van der Waals surface area (Å²) in [6.45, 7) is 6.24. The van der Waals surface area contributed by atoms with Crippen LogP contribution in [0.3, 0.4) is 0 Å². The second kappa shape index (κ2) is 13.4. The number of aromatic nitrogens is 2. The Morgan fingerprint density at radius 3 is 2.37 bits per heavy atom. The quantitative estimate of drug-likeness (QED) is 0.197. The number of carbonyl (C=O) groups excluding carboxylic acids is 2. The lowest BCUT2D eigenvalue weighted by Gasteiger charge is -2.31. The Hall–Kier alpha value is -3.39. The highest BCUT2D eigenvalue weighted by molar-refractivity contribution is 7.98. The Balaban J connectivity index is 1.34. The van der Waals surface area contributed by atoms with Gasteiger partial charge in [0.05, 0.1) is 12.5 Å². The third kappa shape index (κ3) is 7.34. The van der Waals surface area contributed by atoms with Crippen LogP contribution in [0.25, 0.3) is 0 Å². The lowest BCUT2D eigenvalue weighted by Crippen LogP contribution is -2.40. The van der Waals surface area contributed by atoms with Crippen LogP contribution in [0.2, 0.25) is 0 Å². The first kappa shape index (κ1) is 27.6. The predicted molar refractivity (Wildman–Crippen MR) is 151 cm³/mol. The highest BCUT2D eigenvalue weighted by atomic mass is 32.2. The number of ether oxygens (including phenoxy) is 1. The van der Waals surface area contributed by atoms with Gasteiger partial charge in [-0.15, -0.1) is 0 Å². The summed E-state index contributed by atoms with van der Waals surface area (Å²) in [7, 11) is 2.05. The molecule has 0 unspecified atom stereocenters. The highest BCUT2D eigenvalue weighted by Gasteiger charge is 2.28. The van der Waals surface area contributed by atoms with E-state index >= 15 is 0 Å². The number of hydrogen-bond donors (Lipinski definition) is 0. The normalized spacial score (nSPS) is 13.8. The number of rotatable bonds is 10. The molecule has 0 aliphatic carbocycles. The average molecular weight is 533 g/mol. The third-order valence-corrected chi connectivity index (χ3v) is 7.65. The second-order valence-electron chi connectivity index (χ2n) is 9.50. The van der Waals surface area contributed by atoms with Crippen LogP contribution in [0.1, 0.15) is 53.9 Å². The van der Waals surface area contributed by atoms with Crippen LogP contribution in [0.4, 0.5) is 5.82 Å². The molecular weight excluding hydrogens is 496 g/mol. The zero-order valence-corrected chi connectivity index (χ0v) is 23.2. The maximum absolute atomic E-state index is 13.0. The molecule has 0 bridgehead atoms. The number of likely N-dealkylation sites (tertiary alicyclic amines) is 1. The summed E-state index contributed by atoms with van der Waals surface area (Å²) in [5.74, 6) is 1.39. The summed E-state index contributed by atoms with van der Waals surface area (Å²) in [6, 6.07) is 20.2. The summed E-state index contributed by atoms with van der Waals surface area (Å²) in [5, 5.41) is 0.754. The summed E-state index contributed by atoms with van der Waals surface area (Å²) < 4.78 is 5.13. The molecule has 1 aromatic heterocycles. The Labute approximate surface area is 229 Å². The van der Waals surface area contributed by atoms with Gasteiger partial charge >= 0.3 is 5.97 Å². The number of amides is 1. The number of hydrogen-bond acceptors (Lipinski definition) is 7. The van der Waals surface area contributed by atoms with Crippen molar-refractivity contribution in [1.29, 1.82) is 0 Å². The zero-order chi connectivity index (χ0) is 26.9. The minimum atomic E-state index is -0.148. The van der Waals surface area contributed by atoms with Crippen LogP contribution >= 0.6 is 11.8 Å². The SMILES string of the molecule is CCOC(=O)C1CCN(C(=O)c2ccc(CSc3nc(CC)cc(N(C)Cc4ccccc4)n3)cc2)CC1. The monoisotopic (exact) mass is 532 g/mol. The van der Waals surface area contributed by atoms with Crippen LogP contribution in [0, 0.1) is 5.92 Å². The van der Waals surface area contributed by atoms with Gasteiger partial charge in [-0.1, -0.05) is 61.2 Å². The van der Waals surface area contributed by atoms with Crippen molar-refractivity contribution in [2.24, 2.45) is 5.92 Å². The van der Waals surface area contributed by atoms with E-state index in [9.17, 15) is 9.59 Å². The van der Waals surface area contributed by atoms with Crippen molar-refractivity contribution in [3.8, 4) is 0 Å². The van der Waals surface area contributed by atoms with Crippen LogP contribution < -0.4 is 4.90 Å². The third-order valence-electron chi connectivity index (χ3n) is 6.73. The Bertz CT molecular complexity index is 1210. The van der Waals surface area contributed by atoms with Gasteiger partial charge in [-0.25, -0.2) is 9.97 Å². The van der Waals surface area contributed by atoms with Crippen LogP contribution in [-0.2, 0) is 28.2 Å². The number of benzene rings is 2. The van der Waals surface area contributed by atoms with E-state index < -0.39 is 0 Å². The molecule has 1 saturated heterocycles. The smallest absolute Gasteiger partial charge is 0.309 e. The topological polar surface area (TPSA) is 75.6 Å². The Morgan fingerprint density at radius 2 is 1.71 bits per heavy atom. The van der Waals surface area contributed by atoms with Gasteiger partial charge in [0.2, 0.25) is 0 Å². The van der Waals surface area contributed by atoms with E-state index in [4.69, 9.17) is 14.7 Å². The second-order valence-corrected chi connectivity index (χ2v) is 10.4. The summed E-state index contributed by atoms with van der Waals surface area (Å²) in [4.78, 5) is 38.5. The number of carbonyl (C=O) groups is 2. The van der Waals surface area contributed by atoms with Gasteiger partial charge in [-0.05, 0) is 49.4 Å². The standard InChI is InChI=1S/C30H36N4O3S/c1-4-26-19-27(33(3)20-22-9-7-6-8-10-22)32-30(31-26)38-21-23-11-13-24(14-12-23)28(35)34-17-15-25(16-18-34)29(36)37-5-2/h6-14,19,25H,4-5,15-18,20-21H2,1-3H3. The molecule has 200 valence electrons. The largest absolute Gasteiger partial charge is 0.466 e. The molecule has 0 saturated carbocycles. The molecule has 0 atom stereocenters. The van der Waals surface area contributed by atoms with E-state index in [2.05, 4.69) is 49.2 Å². The van der Waals surface area contributed by atoms with Crippen molar-refractivity contribution in [1.82, 2.24) is 14.9 Å². The molecule has 0 radical (unpaired) electrons. The van der Waals surface area contributed by atoms with E-state index in [1.165, 1.54) is 5.56 Å². The molecule has 7 nitrogen and oxygen atoms in total. The zero-order valence-electron chi connectivity index (χ0n) is 22.4. The number of thioether (sulfide) groups is 1. The minimum absolute atomic E-state index is 0.0107. The van der Waals surface area contributed by atoms with E-state index in [1.54, 1.807) is 11.8 Å². The molecule has 3 aromatic rings. The van der Waals surface area contributed by atoms with Gasteiger partial charge in [0, 0.05) is 49.8 Å². The van der Waals surface area contributed by atoms with Gasteiger partial charge in [-0.2, -0.15) is 0 Å². The van der Waals surface area contributed by atoms with Gasteiger partial charge < -0.3 is 14.5 Å². The lowest BCUT2D eigenvalue weighted by atomic mass is 9.96. The first-order valence-corrected chi connectivity index (χ1v) is 14.3. The first-order valence-electron chi connectivity index (χ1n) is 13.3. The lowest BCUT2D eigenvalue weighted by molar-refractivity contribution is -0.149. The van der Waals surface area contributed by atoms with Gasteiger partial charge in [0.15, 0.2) is 5.16 Å². The molecule has 8 heteroatoms. The van der Waals surface area contributed by atoms with E-state index in [1.807, 2.05) is 42.2 Å². The molecule has 4 rings (SSSR count). The van der Waals surface area contributed by atoms with Gasteiger partial charge in [-0.3, -0.25) is 9.59 Å². The van der Waals surface area contributed by atoms with E-state index in [-0.39, 0.29) is 17.8 Å². The fraction of sp³-hybridized carbons (Fsp3) is 0.400. The fourth-order valence-electron chi connectivity index (χ4n) is 4.49. The average Bonchev–Trinajstić information content (AvgIpc) is 2.96. The molecule has 1 aliphatic heterocycles. The number of aryl methyl sites for hydroxylation is 1. The predicted octanol–water partition coefficient (Wildman–Crippen LogP) is 5.38. The molecule has 2 aromatic carbocycles. The van der Waals surface area contributed by atoms with Crippen LogP contribution in [0.15, 0.2) is 65.8 Å². The van der Waals surface area contributed by atoms with Crippen molar-refractivity contribution in [2.45, 2.75) is 50.6 Å². The number of nitrogens with zero attached hydrogens (tertiary/aromatic N) is 4. The molecule has 1 amide bonds. The molecule has 2 heterocycles. The Morgan fingerprint density at radius 1 is 1.00 bits per heavy atom. The number of piperidine rings is 1. The van der Waals surface area contributed by atoms with Gasteiger partial charge in [0.25, 0.3) is 5.91 Å². The summed E-state index contributed by atoms with van der Waals surface area (Å²) >= 11 is 1.60. The van der Waals surface area contributed by atoms with E-state index in [0.29, 0.717) is 43.9 Å². The molecule has 0 spiro atoms. The Kier molecular flexibility index (Phi) is 9.76. The molecular formula is C30H36N4O3S.